The van der Waals surface area contributed by atoms with Crippen molar-refractivity contribution in [2.45, 2.75) is 52.5 Å². The van der Waals surface area contributed by atoms with Gasteiger partial charge in [-0.3, -0.25) is 14.5 Å². The van der Waals surface area contributed by atoms with Gasteiger partial charge >= 0.3 is 5.91 Å². The van der Waals surface area contributed by atoms with Crippen molar-refractivity contribution in [1.82, 2.24) is 4.98 Å². The lowest BCUT2D eigenvalue weighted by Crippen LogP contribution is -2.29. The van der Waals surface area contributed by atoms with Crippen molar-refractivity contribution in [3.63, 3.8) is 0 Å². The quantitative estimate of drug-likeness (QED) is 0.0727. The molecule has 0 saturated carbocycles. The van der Waals surface area contributed by atoms with Gasteiger partial charge in [0, 0.05) is 5.56 Å². The zero-order valence-electron chi connectivity index (χ0n) is 24.7. The number of nitrogens with zero attached hydrogens (tertiary/aromatic N) is 2. The molecule has 9 heteroatoms. The number of anilines is 1. The molecule has 1 atom stereocenters. The van der Waals surface area contributed by atoms with Gasteiger partial charge in [-0.1, -0.05) is 62.3 Å². The van der Waals surface area contributed by atoms with Crippen molar-refractivity contribution >= 4 is 44.1 Å². The van der Waals surface area contributed by atoms with Crippen LogP contribution < -0.4 is 19.1 Å². The third kappa shape index (κ3) is 6.51. The minimum Gasteiger partial charge on any atom is -0.507 e. The fraction of sp³-hybridized carbons (Fsp3) is 0.324. The van der Waals surface area contributed by atoms with Gasteiger partial charge in [-0.05, 0) is 67.8 Å². The smallest absolute Gasteiger partial charge is 0.301 e. The van der Waals surface area contributed by atoms with Crippen LogP contribution >= 0.6 is 11.3 Å². The summed E-state index contributed by atoms with van der Waals surface area (Å²) >= 11 is 1.29. The van der Waals surface area contributed by atoms with Crippen LogP contribution in [0.5, 0.6) is 17.2 Å². The van der Waals surface area contributed by atoms with Gasteiger partial charge in [-0.2, -0.15) is 0 Å². The average molecular weight is 601 g/mol. The Morgan fingerprint density at radius 3 is 2.23 bits per heavy atom. The summed E-state index contributed by atoms with van der Waals surface area (Å²) in [6.45, 7) is 7.75. The third-order valence-corrected chi connectivity index (χ3v) is 8.16. The maximum Gasteiger partial charge on any atom is 0.301 e. The molecular formula is C34H36N2O6S. The Morgan fingerprint density at radius 1 is 0.860 bits per heavy atom. The summed E-state index contributed by atoms with van der Waals surface area (Å²) in [6, 6.07) is 18.9. The van der Waals surface area contributed by atoms with Crippen LogP contribution in [0.1, 0.15) is 63.6 Å². The highest BCUT2D eigenvalue weighted by Crippen LogP contribution is 2.45. The number of carbonyl (C=O) groups excluding carboxylic acids is 2. The second-order valence-electron chi connectivity index (χ2n) is 10.2. The Kier molecular flexibility index (Phi) is 9.61. The normalized spacial score (nSPS) is 16.2. The summed E-state index contributed by atoms with van der Waals surface area (Å²) in [5.74, 6) is 0.160. The van der Waals surface area contributed by atoms with Gasteiger partial charge in [-0.15, -0.1) is 0 Å². The van der Waals surface area contributed by atoms with Crippen molar-refractivity contribution in [1.29, 1.82) is 0 Å². The Labute approximate surface area is 255 Å². The molecule has 1 fully saturated rings. The molecule has 1 aromatic heterocycles. The molecule has 1 amide bonds. The Hall–Kier alpha value is -4.37. The Morgan fingerprint density at radius 2 is 1.53 bits per heavy atom. The van der Waals surface area contributed by atoms with Crippen LogP contribution in [0, 0.1) is 0 Å². The standard InChI is InChI=1S/C34H36N2O6S/c1-4-7-18-41-24-14-12-22(13-15-24)30-29(31(37)23-10-9-11-25(20-23)42-19-8-5-2)32(38)33(39)36(30)34-35-27-17-16-26(40-6-3)21-28(27)43-34/h9-17,20-21,30,37H,4-8,18-19H2,1-3H3. The van der Waals surface area contributed by atoms with Crippen LogP contribution in [-0.4, -0.2) is 41.6 Å². The number of aromatic nitrogens is 1. The summed E-state index contributed by atoms with van der Waals surface area (Å²) in [4.78, 5) is 33.5. The molecule has 0 radical (unpaired) electrons. The predicted octanol–water partition coefficient (Wildman–Crippen LogP) is 7.68. The van der Waals surface area contributed by atoms with E-state index in [-0.39, 0.29) is 11.3 Å². The molecule has 4 aromatic rings. The number of ketones is 1. The number of unbranched alkanes of at least 4 members (excludes halogenated alkanes) is 2. The summed E-state index contributed by atoms with van der Waals surface area (Å²) < 4.78 is 18.1. The molecule has 1 N–H and O–H groups in total. The summed E-state index contributed by atoms with van der Waals surface area (Å²) in [5.41, 5.74) is 1.71. The lowest BCUT2D eigenvalue weighted by molar-refractivity contribution is -0.132. The minimum absolute atomic E-state index is 0.00961. The topological polar surface area (TPSA) is 98.2 Å². The zero-order valence-corrected chi connectivity index (χ0v) is 25.5. The van der Waals surface area contributed by atoms with E-state index in [1.54, 1.807) is 24.3 Å². The first-order valence-corrected chi connectivity index (χ1v) is 15.6. The first-order valence-electron chi connectivity index (χ1n) is 14.8. The van der Waals surface area contributed by atoms with Gasteiger partial charge in [0.15, 0.2) is 5.13 Å². The van der Waals surface area contributed by atoms with Crippen molar-refractivity contribution < 1.29 is 28.9 Å². The number of Topliss-reactive ketones (excluding diaryl/α,β-unsaturated/α-hetero) is 1. The number of aliphatic hydroxyl groups is 1. The van der Waals surface area contributed by atoms with E-state index < -0.39 is 17.7 Å². The van der Waals surface area contributed by atoms with Gasteiger partial charge in [0.25, 0.3) is 5.78 Å². The van der Waals surface area contributed by atoms with Gasteiger partial charge in [0.05, 0.1) is 41.7 Å². The molecule has 1 saturated heterocycles. The summed E-state index contributed by atoms with van der Waals surface area (Å²) in [7, 11) is 0. The van der Waals surface area contributed by atoms with Crippen LogP contribution in [0.3, 0.4) is 0 Å². The number of fused-ring (bicyclic) bond motifs is 1. The number of aliphatic hydroxyl groups excluding tert-OH is 1. The number of hydrogen-bond donors (Lipinski definition) is 1. The van der Waals surface area contributed by atoms with Crippen molar-refractivity contribution in [3.05, 3.63) is 83.4 Å². The lowest BCUT2D eigenvalue weighted by atomic mass is 9.95. The van der Waals surface area contributed by atoms with E-state index >= 15 is 0 Å². The molecule has 5 rings (SSSR count). The molecule has 2 heterocycles. The maximum atomic E-state index is 13.7. The summed E-state index contributed by atoms with van der Waals surface area (Å²) in [6.07, 6.45) is 3.84. The number of ether oxygens (including phenoxy) is 3. The van der Waals surface area contributed by atoms with E-state index in [0.29, 0.717) is 58.8 Å². The Balaban J connectivity index is 1.59. The van der Waals surface area contributed by atoms with Gasteiger partial charge in [0.1, 0.15) is 23.0 Å². The van der Waals surface area contributed by atoms with E-state index in [4.69, 9.17) is 19.2 Å². The SMILES string of the molecule is CCCCOc1ccc(C2C(=C(O)c3cccc(OCCCC)c3)C(=O)C(=O)N2c2nc3ccc(OCC)cc3s2)cc1. The van der Waals surface area contributed by atoms with E-state index in [0.717, 1.165) is 30.4 Å². The fourth-order valence-corrected chi connectivity index (χ4v) is 5.92. The van der Waals surface area contributed by atoms with Gasteiger partial charge in [0.2, 0.25) is 0 Å². The molecule has 1 unspecified atom stereocenters. The molecule has 1 aliphatic heterocycles. The van der Waals surface area contributed by atoms with Crippen LogP contribution in [-0.2, 0) is 9.59 Å². The van der Waals surface area contributed by atoms with Gasteiger partial charge in [-0.25, -0.2) is 4.98 Å². The average Bonchev–Trinajstić information content (AvgIpc) is 3.55. The number of carbonyl (C=O) groups is 2. The second-order valence-corrected chi connectivity index (χ2v) is 11.2. The number of amides is 1. The highest BCUT2D eigenvalue weighted by molar-refractivity contribution is 7.22. The highest BCUT2D eigenvalue weighted by Gasteiger charge is 2.48. The number of rotatable bonds is 13. The highest BCUT2D eigenvalue weighted by atomic mass is 32.1. The van der Waals surface area contributed by atoms with Crippen LogP contribution in [0.4, 0.5) is 5.13 Å². The molecule has 224 valence electrons. The zero-order chi connectivity index (χ0) is 30.3. The lowest BCUT2D eigenvalue weighted by Gasteiger charge is -2.23. The fourth-order valence-electron chi connectivity index (χ4n) is 4.90. The van der Waals surface area contributed by atoms with E-state index in [9.17, 15) is 14.7 Å². The number of benzene rings is 3. The van der Waals surface area contributed by atoms with Crippen molar-refractivity contribution in [3.8, 4) is 17.2 Å². The van der Waals surface area contributed by atoms with E-state index in [1.165, 1.54) is 16.2 Å². The molecular weight excluding hydrogens is 564 g/mol. The first kappa shape index (κ1) is 30.1. The van der Waals surface area contributed by atoms with Crippen LogP contribution in [0.2, 0.25) is 0 Å². The van der Waals surface area contributed by atoms with Crippen LogP contribution in [0.25, 0.3) is 16.0 Å². The molecule has 43 heavy (non-hydrogen) atoms. The second kappa shape index (κ2) is 13.7. The van der Waals surface area contributed by atoms with Crippen molar-refractivity contribution in [2.24, 2.45) is 0 Å². The predicted molar refractivity (Wildman–Crippen MR) is 169 cm³/mol. The molecule has 8 nitrogen and oxygen atoms in total. The third-order valence-electron chi connectivity index (χ3n) is 7.15. The maximum absolute atomic E-state index is 13.7. The van der Waals surface area contributed by atoms with E-state index in [2.05, 4.69) is 13.8 Å². The monoisotopic (exact) mass is 600 g/mol. The Bertz CT molecular complexity index is 1630. The summed E-state index contributed by atoms with van der Waals surface area (Å²) in [5, 5.41) is 12.0. The molecule has 1 aliphatic rings. The van der Waals surface area contributed by atoms with Crippen LogP contribution in [0.15, 0.2) is 72.3 Å². The largest absolute Gasteiger partial charge is 0.507 e. The first-order chi connectivity index (χ1) is 20.9. The molecule has 0 aliphatic carbocycles. The van der Waals surface area contributed by atoms with Gasteiger partial charge < -0.3 is 19.3 Å². The minimum atomic E-state index is -0.902. The van der Waals surface area contributed by atoms with Crippen molar-refractivity contribution in [2.75, 3.05) is 24.7 Å². The number of hydrogen-bond acceptors (Lipinski definition) is 8. The number of thiazole rings is 1. The van der Waals surface area contributed by atoms with E-state index in [1.807, 2.05) is 49.4 Å². The molecule has 3 aromatic carbocycles. The molecule has 0 bridgehead atoms. The molecule has 0 spiro atoms.